The fourth-order valence-electron chi connectivity index (χ4n) is 2.22. The molecule has 0 fully saturated rings. The van der Waals surface area contributed by atoms with Crippen LogP contribution in [0, 0.1) is 15.9 Å². The second kappa shape index (κ2) is 9.91. The number of rotatable bonds is 9. The number of ether oxygens (including phenoxy) is 1. The van der Waals surface area contributed by atoms with Crippen molar-refractivity contribution >= 4 is 29.0 Å². The van der Waals surface area contributed by atoms with Crippen LogP contribution in [0.3, 0.4) is 0 Å². The van der Waals surface area contributed by atoms with Crippen LogP contribution >= 0.6 is 0 Å². The van der Waals surface area contributed by atoms with Crippen LogP contribution in [0.15, 0.2) is 48.5 Å². The highest BCUT2D eigenvalue weighted by molar-refractivity contribution is 5.98. The molecule has 0 saturated heterocycles. The van der Waals surface area contributed by atoms with E-state index < -0.39 is 29.1 Å². The van der Waals surface area contributed by atoms with Crippen LogP contribution < -0.4 is 5.32 Å². The van der Waals surface area contributed by atoms with E-state index in [-0.39, 0.29) is 36.4 Å². The van der Waals surface area contributed by atoms with Crippen molar-refractivity contribution in [2.24, 2.45) is 0 Å². The van der Waals surface area contributed by atoms with Crippen LogP contribution in [0.2, 0.25) is 0 Å². The summed E-state index contributed by atoms with van der Waals surface area (Å²) in [6.07, 6.45) is 0.199. The lowest BCUT2D eigenvalue weighted by Crippen LogP contribution is -2.15. The average molecular weight is 388 g/mol. The summed E-state index contributed by atoms with van der Waals surface area (Å²) in [6, 6.07) is 10.2. The maximum atomic E-state index is 12.8. The number of anilines is 1. The molecule has 146 valence electrons. The molecule has 0 saturated carbocycles. The Morgan fingerprint density at radius 2 is 1.64 bits per heavy atom. The van der Waals surface area contributed by atoms with Crippen molar-refractivity contribution in [1.29, 1.82) is 0 Å². The van der Waals surface area contributed by atoms with Crippen molar-refractivity contribution in [2.45, 2.75) is 19.3 Å². The lowest BCUT2D eigenvalue weighted by Gasteiger charge is -2.06. The van der Waals surface area contributed by atoms with Crippen LogP contribution in [0.25, 0.3) is 0 Å². The van der Waals surface area contributed by atoms with Crippen molar-refractivity contribution < 1.29 is 28.4 Å². The van der Waals surface area contributed by atoms with Gasteiger partial charge in [-0.25, -0.2) is 4.39 Å². The number of carbonyl (C=O) groups is 3. The van der Waals surface area contributed by atoms with Crippen molar-refractivity contribution in [2.75, 3.05) is 11.9 Å². The molecule has 28 heavy (non-hydrogen) atoms. The number of ketones is 1. The van der Waals surface area contributed by atoms with Crippen LogP contribution in [0.5, 0.6) is 0 Å². The Hall–Kier alpha value is -3.62. The molecule has 9 heteroatoms. The van der Waals surface area contributed by atoms with Gasteiger partial charge in [0.05, 0.1) is 4.92 Å². The van der Waals surface area contributed by atoms with E-state index in [4.69, 9.17) is 4.74 Å². The first kappa shape index (κ1) is 20.7. The Bertz CT molecular complexity index is 865. The Balaban J connectivity index is 1.67. The monoisotopic (exact) mass is 388 g/mol. The first-order chi connectivity index (χ1) is 13.3. The van der Waals surface area contributed by atoms with Crippen LogP contribution in [0.4, 0.5) is 15.8 Å². The Labute approximate surface area is 159 Å². The smallest absolute Gasteiger partial charge is 0.306 e. The molecule has 0 heterocycles. The maximum Gasteiger partial charge on any atom is 0.306 e. The number of nitrogens with zero attached hydrogens (tertiary/aromatic N) is 1. The maximum absolute atomic E-state index is 12.8. The van der Waals surface area contributed by atoms with Crippen LogP contribution in [-0.4, -0.2) is 29.2 Å². The molecule has 0 aliphatic heterocycles. The molecule has 1 amide bonds. The first-order valence-corrected chi connectivity index (χ1v) is 8.34. The molecule has 2 aromatic rings. The number of hydrogen-bond donors (Lipinski definition) is 1. The number of Topliss-reactive ketones (excluding diaryl/α,β-unsaturated/α-hetero) is 1. The second-order valence-corrected chi connectivity index (χ2v) is 5.80. The molecule has 0 atom stereocenters. The lowest BCUT2D eigenvalue weighted by atomic mass is 10.1. The van der Waals surface area contributed by atoms with E-state index in [9.17, 15) is 28.9 Å². The minimum absolute atomic E-state index is 0.0397. The van der Waals surface area contributed by atoms with Gasteiger partial charge in [-0.2, -0.15) is 0 Å². The van der Waals surface area contributed by atoms with Gasteiger partial charge < -0.3 is 10.1 Å². The predicted octanol–water partition coefficient (Wildman–Crippen LogP) is 3.27. The number of amides is 1. The lowest BCUT2D eigenvalue weighted by molar-refractivity contribution is -0.384. The highest BCUT2D eigenvalue weighted by Gasteiger charge is 2.11. The topological polar surface area (TPSA) is 116 Å². The largest absolute Gasteiger partial charge is 0.457 e. The summed E-state index contributed by atoms with van der Waals surface area (Å²) in [6.45, 7) is -0.459. The summed E-state index contributed by atoms with van der Waals surface area (Å²) >= 11 is 0. The number of non-ortho nitro benzene ring substituents is 1. The Morgan fingerprint density at radius 1 is 1.00 bits per heavy atom. The quantitative estimate of drug-likeness (QED) is 0.305. The van der Waals surface area contributed by atoms with E-state index in [1.165, 1.54) is 36.4 Å². The summed E-state index contributed by atoms with van der Waals surface area (Å²) in [7, 11) is 0. The minimum Gasteiger partial charge on any atom is -0.457 e. The van der Waals surface area contributed by atoms with E-state index in [1.54, 1.807) is 0 Å². The molecular weight excluding hydrogens is 371 g/mol. The number of benzene rings is 2. The van der Waals surface area contributed by atoms with Gasteiger partial charge in [-0.05, 0) is 42.8 Å². The number of nitro benzene ring substituents is 1. The highest BCUT2D eigenvalue weighted by atomic mass is 19.1. The third-order valence-corrected chi connectivity index (χ3v) is 3.68. The summed E-state index contributed by atoms with van der Waals surface area (Å²) in [5.74, 6) is -1.91. The van der Waals surface area contributed by atoms with E-state index in [2.05, 4.69) is 5.32 Å². The summed E-state index contributed by atoms with van der Waals surface area (Å²) in [5.41, 5.74) is 0.552. The normalized spacial score (nSPS) is 10.2. The Kier molecular flexibility index (Phi) is 7.32. The number of hydrogen-bond acceptors (Lipinski definition) is 6. The molecule has 0 unspecified atom stereocenters. The highest BCUT2D eigenvalue weighted by Crippen LogP contribution is 2.15. The molecule has 8 nitrogen and oxygen atoms in total. The van der Waals surface area contributed by atoms with Crippen LogP contribution in [0.1, 0.15) is 29.6 Å². The molecule has 2 aromatic carbocycles. The van der Waals surface area contributed by atoms with Gasteiger partial charge in [0.25, 0.3) is 5.69 Å². The number of nitro groups is 1. The molecule has 0 bridgehead atoms. The van der Waals surface area contributed by atoms with Gasteiger partial charge in [0.2, 0.25) is 5.91 Å². The molecule has 0 aliphatic rings. The number of carbonyl (C=O) groups excluding carboxylic acids is 3. The standard InChI is InChI=1S/C19H17FN2O6/c20-14-6-4-13(5-7-14)17(23)12-28-19(25)3-1-2-18(24)21-15-8-10-16(11-9-15)22(26)27/h4-11H,1-3,12H2,(H,21,24). The zero-order valence-electron chi connectivity index (χ0n) is 14.7. The van der Waals surface area contributed by atoms with Gasteiger partial charge in [-0.3, -0.25) is 24.5 Å². The molecule has 0 aliphatic carbocycles. The fourth-order valence-corrected chi connectivity index (χ4v) is 2.22. The third kappa shape index (κ3) is 6.60. The van der Waals surface area contributed by atoms with Crippen molar-refractivity contribution in [3.05, 3.63) is 70.0 Å². The summed E-state index contributed by atoms with van der Waals surface area (Å²) < 4.78 is 17.6. The van der Waals surface area contributed by atoms with E-state index in [0.29, 0.717) is 5.69 Å². The molecule has 0 radical (unpaired) electrons. The first-order valence-electron chi connectivity index (χ1n) is 8.34. The zero-order valence-corrected chi connectivity index (χ0v) is 14.7. The van der Waals surface area contributed by atoms with Gasteiger partial charge in [0.15, 0.2) is 12.4 Å². The van der Waals surface area contributed by atoms with Crippen molar-refractivity contribution in [1.82, 2.24) is 0 Å². The van der Waals surface area contributed by atoms with Gasteiger partial charge in [0, 0.05) is 36.2 Å². The Morgan fingerprint density at radius 3 is 2.25 bits per heavy atom. The minimum atomic E-state index is -0.626. The SMILES string of the molecule is O=C(CCCC(=O)OCC(=O)c1ccc(F)cc1)Nc1ccc([N+](=O)[O-])cc1. The number of halogens is 1. The van der Waals surface area contributed by atoms with Crippen molar-refractivity contribution in [3.63, 3.8) is 0 Å². The van der Waals surface area contributed by atoms with Crippen LogP contribution in [-0.2, 0) is 14.3 Å². The van der Waals surface area contributed by atoms with Gasteiger partial charge >= 0.3 is 5.97 Å². The average Bonchev–Trinajstić information content (AvgIpc) is 2.67. The van der Waals surface area contributed by atoms with Gasteiger partial charge in [-0.1, -0.05) is 0 Å². The van der Waals surface area contributed by atoms with E-state index in [1.807, 2.05) is 0 Å². The third-order valence-electron chi connectivity index (χ3n) is 3.68. The van der Waals surface area contributed by atoms with E-state index >= 15 is 0 Å². The van der Waals surface area contributed by atoms with Gasteiger partial charge in [0.1, 0.15) is 5.82 Å². The summed E-state index contributed by atoms with van der Waals surface area (Å²) in [4.78, 5) is 45.3. The molecule has 0 spiro atoms. The molecule has 0 aromatic heterocycles. The molecule has 1 N–H and O–H groups in total. The zero-order chi connectivity index (χ0) is 20.5. The fraction of sp³-hybridized carbons (Fsp3) is 0.211. The second-order valence-electron chi connectivity index (χ2n) is 5.80. The summed E-state index contributed by atoms with van der Waals surface area (Å²) in [5, 5.41) is 13.1. The van der Waals surface area contributed by atoms with Gasteiger partial charge in [-0.15, -0.1) is 0 Å². The number of nitrogens with one attached hydrogen (secondary N) is 1. The molecular formula is C19H17FN2O6. The molecule has 2 rings (SSSR count). The number of esters is 1. The van der Waals surface area contributed by atoms with E-state index in [0.717, 1.165) is 12.1 Å². The predicted molar refractivity (Wildman–Crippen MR) is 97.3 cm³/mol. The van der Waals surface area contributed by atoms with Crippen molar-refractivity contribution in [3.8, 4) is 0 Å².